The average Bonchev–Trinajstić information content (AvgIpc) is 2.72. The molecule has 3 aromatic rings. The van der Waals surface area contributed by atoms with Gasteiger partial charge in [-0.1, -0.05) is 41.4 Å². The lowest BCUT2D eigenvalue weighted by atomic mass is 10.1. The molecule has 0 radical (unpaired) electrons. The molecule has 3 rings (SSSR count). The van der Waals surface area contributed by atoms with E-state index in [1.165, 1.54) is 6.07 Å². The number of ether oxygens (including phenoxy) is 2. The Kier molecular flexibility index (Phi) is 6.86. The molecule has 0 unspecified atom stereocenters. The molecule has 0 aliphatic rings. The molecule has 0 bridgehead atoms. The molecule has 0 aliphatic carbocycles. The molecule has 29 heavy (non-hydrogen) atoms. The first-order chi connectivity index (χ1) is 14.0. The molecule has 2 N–H and O–H groups in total. The van der Waals surface area contributed by atoms with Crippen LogP contribution >= 0.6 is 23.2 Å². The van der Waals surface area contributed by atoms with Crippen LogP contribution in [0.15, 0.2) is 60.7 Å². The zero-order chi connectivity index (χ0) is 20.8. The van der Waals surface area contributed by atoms with Gasteiger partial charge in [-0.3, -0.25) is 0 Å². The lowest BCUT2D eigenvalue weighted by molar-refractivity contribution is 0.0697. The van der Waals surface area contributed by atoms with Crippen molar-refractivity contribution in [3.8, 4) is 11.5 Å². The highest BCUT2D eigenvalue weighted by Crippen LogP contribution is 2.27. The molecular formula is C22H19Cl2NO4. The second-order valence-corrected chi connectivity index (χ2v) is 7.09. The highest BCUT2D eigenvalue weighted by atomic mass is 35.5. The van der Waals surface area contributed by atoms with E-state index in [0.29, 0.717) is 40.4 Å². The van der Waals surface area contributed by atoms with E-state index in [9.17, 15) is 4.79 Å². The Balaban J connectivity index is 1.61. The summed E-state index contributed by atoms with van der Waals surface area (Å²) in [6.07, 6.45) is 0. The molecule has 0 aromatic heterocycles. The maximum absolute atomic E-state index is 11.2. The largest absolute Gasteiger partial charge is 0.495 e. The predicted molar refractivity (Wildman–Crippen MR) is 115 cm³/mol. The Morgan fingerprint density at radius 2 is 1.79 bits per heavy atom. The molecule has 0 heterocycles. The van der Waals surface area contributed by atoms with Crippen molar-refractivity contribution in [1.29, 1.82) is 0 Å². The number of anilines is 1. The molecule has 5 nitrogen and oxygen atoms in total. The molecule has 0 aliphatic heterocycles. The summed E-state index contributed by atoms with van der Waals surface area (Å²) in [5, 5.41) is 13.5. The van der Waals surface area contributed by atoms with Gasteiger partial charge in [0.2, 0.25) is 0 Å². The highest BCUT2D eigenvalue weighted by Gasteiger charge is 2.09. The van der Waals surface area contributed by atoms with Crippen LogP contribution in [0.1, 0.15) is 21.5 Å². The zero-order valence-corrected chi connectivity index (χ0v) is 17.1. The normalized spacial score (nSPS) is 10.4. The molecular weight excluding hydrogens is 413 g/mol. The van der Waals surface area contributed by atoms with Crippen LogP contribution in [0.25, 0.3) is 0 Å². The van der Waals surface area contributed by atoms with Gasteiger partial charge in [0.1, 0.15) is 18.1 Å². The third kappa shape index (κ3) is 5.56. The highest BCUT2D eigenvalue weighted by molar-refractivity contribution is 6.35. The maximum Gasteiger partial charge on any atom is 0.335 e. The summed E-state index contributed by atoms with van der Waals surface area (Å²) in [4.78, 5) is 11.2. The number of methoxy groups -OCH3 is 1. The number of benzene rings is 3. The van der Waals surface area contributed by atoms with Gasteiger partial charge in [0.25, 0.3) is 0 Å². The standard InChI is InChI=1S/C22H19Cl2NO4/c1-28-21-9-5-15(22(26)27)10-20(21)25-12-14-2-7-18(8-3-14)29-13-16-4-6-17(23)11-19(16)24/h2-11,25H,12-13H2,1H3,(H,26,27). The van der Waals surface area contributed by atoms with Crippen LogP contribution < -0.4 is 14.8 Å². The van der Waals surface area contributed by atoms with E-state index >= 15 is 0 Å². The second-order valence-electron chi connectivity index (χ2n) is 6.24. The van der Waals surface area contributed by atoms with Crippen molar-refractivity contribution in [2.45, 2.75) is 13.2 Å². The number of carboxylic acids is 1. The summed E-state index contributed by atoms with van der Waals surface area (Å²) in [6, 6.07) is 17.6. The number of hydrogen-bond acceptors (Lipinski definition) is 4. The fourth-order valence-electron chi connectivity index (χ4n) is 2.68. The van der Waals surface area contributed by atoms with Gasteiger partial charge in [0.15, 0.2) is 0 Å². The molecule has 150 valence electrons. The first kappa shape index (κ1) is 20.8. The average molecular weight is 432 g/mol. The Morgan fingerprint density at radius 1 is 1.03 bits per heavy atom. The smallest absolute Gasteiger partial charge is 0.335 e. The number of hydrogen-bond donors (Lipinski definition) is 2. The molecule has 0 amide bonds. The van der Waals surface area contributed by atoms with Crippen LogP contribution in [-0.4, -0.2) is 18.2 Å². The van der Waals surface area contributed by atoms with Crippen LogP contribution in [-0.2, 0) is 13.2 Å². The fourth-order valence-corrected chi connectivity index (χ4v) is 3.14. The first-order valence-electron chi connectivity index (χ1n) is 8.77. The summed E-state index contributed by atoms with van der Waals surface area (Å²) in [5.74, 6) is 0.304. The van der Waals surface area contributed by atoms with Crippen LogP contribution in [0.5, 0.6) is 11.5 Å². The van der Waals surface area contributed by atoms with E-state index in [4.69, 9.17) is 37.8 Å². The second kappa shape index (κ2) is 9.54. The SMILES string of the molecule is COc1ccc(C(=O)O)cc1NCc1ccc(OCc2ccc(Cl)cc2Cl)cc1. The molecule has 7 heteroatoms. The number of rotatable bonds is 8. The topological polar surface area (TPSA) is 67.8 Å². The maximum atomic E-state index is 11.2. The number of aromatic carboxylic acids is 1. The molecule has 0 spiro atoms. The lowest BCUT2D eigenvalue weighted by Crippen LogP contribution is -2.04. The van der Waals surface area contributed by atoms with Gasteiger partial charge in [-0.15, -0.1) is 0 Å². The van der Waals surface area contributed by atoms with Gasteiger partial charge in [0, 0.05) is 22.2 Å². The van der Waals surface area contributed by atoms with Crippen LogP contribution in [0.4, 0.5) is 5.69 Å². The van der Waals surface area contributed by atoms with E-state index in [-0.39, 0.29) is 5.56 Å². The van der Waals surface area contributed by atoms with Crippen LogP contribution in [0.3, 0.4) is 0 Å². The summed E-state index contributed by atoms with van der Waals surface area (Å²) < 4.78 is 11.1. The van der Waals surface area contributed by atoms with Crippen LogP contribution in [0.2, 0.25) is 10.0 Å². The Labute approximate surface area is 178 Å². The summed E-state index contributed by atoms with van der Waals surface area (Å²) in [5.41, 5.74) is 2.67. The van der Waals surface area contributed by atoms with Crippen molar-refractivity contribution in [2.75, 3.05) is 12.4 Å². The van der Waals surface area contributed by atoms with E-state index in [0.717, 1.165) is 11.1 Å². The fraction of sp³-hybridized carbons (Fsp3) is 0.136. The van der Waals surface area contributed by atoms with E-state index in [2.05, 4.69) is 5.32 Å². The molecule has 0 saturated heterocycles. The predicted octanol–water partition coefficient (Wildman–Crippen LogP) is 5.89. The van der Waals surface area contributed by atoms with Crippen molar-refractivity contribution in [1.82, 2.24) is 0 Å². The Bertz CT molecular complexity index is 1010. The minimum absolute atomic E-state index is 0.193. The number of nitrogens with one attached hydrogen (secondary N) is 1. The Hall–Kier alpha value is -2.89. The number of carboxylic acid groups (broad SMARTS) is 1. The molecule has 0 saturated carbocycles. The van der Waals surface area contributed by atoms with Crippen molar-refractivity contribution < 1.29 is 19.4 Å². The summed E-state index contributed by atoms with van der Waals surface area (Å²) >= 11 is 12.1. The first-order valence-corrected chi connectivity index (χ1v) is 9.52. The van der Waals surface area contributed by atoms with Crippen molar-refractivity contribution >= 4 is 34.9 Å². The van der Waals surface area contributed by atoms with E-state index in [1.807, 2.05) is 30.3 Å². The number of halogens is 2. The monoisotopic (exact) mass is 431 g/mol. The van der Waals surface area contributed by atoms with Gasteiger partial charge in [-0.2, -0.15) is 0 Å². The van der Waals surface area contributed by atoms with Gasteiger partial charge in [-0.25, -0.2) is 4.79 Å². The third-order valence-corrected chi connectivity index (χ3v) is 4.85. The minimum Gasteiger partial charge on any atom is -0.495 e. The van der Waals surface area contributed by atoms with Crippen molar-refractivity contribution in [2.24, 2.45) is 0 Å². The molecule has 0 fully saturated rings. The van der Waals surface area contributed by atoms with Gasteiger partial charge >= 0.3 is 5.97 Å². The van der Waals surface area contributed by atoms with Gasteiger partial charge in [-0.05, 0) is 48.0 Å². The van der Waals surface area contributed by atoms with Crippen molar-refractivity contribution in [3.63, 3.8) is 0 Å². The third-order valence-electron chi connectivity index (χ3n) is 4.26. The lowest BCUT2D eigenvalue weighted by Gasteiger charge is -2.13. The number of carbonyl (C=O) groups is 1. The van der Waals surface area contributed by atoms with Crippen molar-refractivity contribution in [3.05, 3.63) is 87.4 Å². The van der Waals surface area contributed by atoms with E-state index in [1.54, 1.807) is 31.4 Å². The summed E-state index contributed by atoms with van der Waals surface area (Å²) in [6.45, 7) is 0.843. The van der Waals surface area contributed by atoms with E-state index < -0.39 is 5.97 Å². The quantitative estimate of drug-likeness (QED) is 0.465. The summed E-state index contributed by atoms with van der Waals surface area (Å²) in [7, 11) is 1.54. The Morgan fingerprint density at radius 3 is 2.45 bits per heavy atom. The zero-order valence-electron chi connectivity index (χ0n) is 15.6. The van der Waals surface area contributed by atoms with Crippen LogP contribution in [0, 0.1) is 0 Å². The van der Waals surface area contributed by atoms with Gasteiger partial charge in [0.05, 0.1) is 18.4 Å². The molecule has 0 atom stereocenters. The molecule has 3 aromatic carbocycles. The van der Waals surface area contributed by atoms with Gasteiger partial charge < -0.3 is 19.9 Å². The minimum atomic E-state index is -0.988.